The van der Waals surface area contributed by atoms with E-state index in [4.69, 9.17) is 5.11 Å². The lowest BCUT2D eigenvalue weighted by atomic mass is 10.1. The maximum atomic E-state index is 10.8. The summed E-state index contributed by atoms with van der Waals surface area (Å²) in [6.45, 7) is 3.96. The molecule has 1 aromatic rings. The van der Waals surface area contributed by atoms with Crippen molar-refractivity contribution in [3.8, 4) is 0 Å². The van der Waals surface area contributed by atoms with Crippen molar-refractivity contribution in [2.45, 2.75) is 39.0 Å². The highest BCUT2D eigenvalue weighted by Gasteiger charge is 2.25. The van der Waals surface area contributed by atoms with Crippen molar-refractivity contribution < 1.29 is 9.90 Å². The van der Waals surface area contributed by atoms with Crippen LogP contribution in [0.25, 0.3) is 0 Å². The van der Waals surface area contributed by atoms with Crippen molar-refractivity contribution in [2.24, 2.45) is 5.92 Å². The zero-order chi connectivity index (χ0) is 11.7. The highest BCUT2D eigenvalue weighted by molar-refractivity contribution is 5.88. The summed E-state index contributed by atoms with van der Waals surface area (Å²) in [5.74, 6) is 1.00. The van der Waals surface area contributed by atoms with Gasteiger partial charge in [0.25, 0.3) is 0 Å². The van der Waals surface area contributed by atoms with Crippen LogP contribution in [-0.4, -0.2) is 21.0 Å². The van der Waals surface area contributed by atoms with Crippen LogP contribution in [0.4, 0.5) is 0 Å². The predicted octanol–water partition coefficient (Wildman–Crippen LogP) is 2.39. The molecule has 2 rings (SSSR count). The monoisotopic (exact) mass is 220 g/mol. The van der Waals surface area contributed by atoms with Gasteiger partial charge in [-0.05, 0) is 32.1 Å². The van der Waals surface area contributed by atoms with Gasteiger partial charge < -0.3 is 5.11 Å². The molecule has 0 amide bonds. The lowest BCUT2D eigenvalue weighted by Gasteiger charge is -2.09. The van der Waals surface area contributed by atoms with Gasteiger partial charge in [-0.25, -0.2) is 14.8 Å². The van der Waals surface area contributed by atoms with Crippen molar-refractivity contribution in [3.05, 3.63) is 23.3 Å². The number of rotatable bonds is 2. The first-order chi connectivity index (χ1) is 7.58. The maximum absolute atomic E-state index is 10.8. The topological polar surface area (TPSA) is 63.1 Å². The summed E-state index contributed by atoms with van der Waals surface area (Å²) in [6, 6.07) is 0. The van der Waals surface area contributed by atoms with Crippen molar-refractivity contribution in [1.29, 1.82) is 0 Å². The zero-order valence-corrected chi connectivity index (χ0v) is 9.60. The van der Waals surface area contributed by atoms with Crippen LogP contribution in [0.15, 0.2) is 6.20 Å². The van der Waals surface area contributed by atoms with E-state index in [0.29, 0.717) is 11.6 Å². The van der Waals surface area contributed by atoms with E-state index in [-0.39, 0.29) is 5.56 Å². The molecule has 1 N–H and O–H groups in total. The molecule has 2 unspecified atom stereocenters. The normalized spacial score (nSPS) is 24.6. The van der Waals surface area contributed by atoms with Crippen LogP contribution >= 0.6 is 0 Å². The number of aryl methyl sites for hydroxylation is 1. The third kappa shape index (κ3) is 2.05. The second kappa shape index (κ2) is 4.20. The van der Waals surface area contributed by atoms with Gasteiger partial charge in [0.05, 0.1) is 11.3 Å². The zero-order valence-electron chi connectivity index (χ0n) is 9.60. The summed E-state index contributed by atoms with van der Waals surface area (Å²) < 4.78 is 0. The summed E-state index contributed by atoms with van der Waals surface area (Å²) in [5, 5.41) is 8.88. The minimum absolute atomic E-state index is 0.204. The van der Waals surface area contributed by atoms with Crippen molar-refractivity contribution in [3.63, 3.8) is 0 Å². The minimum Gasteiger partial charge on any atom is -0.478 e. The Morgan fingerprint density at radius 1 is 1.50 bits per heavy atom. The third-order valence-corrected chi connectivity index (χ3v) is 3.29. The van der Waals surface area contributed by atoms with Crippen LogP contribution in [0.3, 0.4) is 0 Å². The average Bonchev–Trinajstić information content (AvgIpc) is 2.64. The molecule has 0 aromatic carbocycles. The minimum atomic E-state index is -0.955. The molecule has 2 atom stereocenters. The van der Waals surface area contributed by atoms with E-state index in [2.05, 4.69) is 16.9 Å². The number of carboxylic acids is 1. The van der Waals surface area contributed by atoms with E-state index in [0.717, 1.165) is 24.6 Å². The lowest BCUT2D eigenvalue weighted by Crippen LogP contribution is -2.08. The Balaban J connectivity index is 2.24. The Hall–Kier alpha value is -1.45. The molecule has 1 aromatic heterocycles. The molecule has 1 heterocycles. The average molecular weight is 220 g/mol. The summed E-state index contributed by atoms with van der Waals surface area (Å²) in [5.41, 5.74) is 0.770. The quantitative estimate of drug-likeness (QED) is 0.831. The van der Waals surface area contributed by atoms with Gasteiger partial charge in [-0.2, -0.15) is 0 Å². The van der Waals surface area contributed by atoms with E-state index >= 15 is 0 Å². The van der Waals surface area contributed by atoms with Gasteiger partial charge in [0.15, 0.2) is 0 Å². The first-order valence-electron chi connectivity index (χ1n) is 5.64. The van der Waals surface area contributed by atoms with Gasteiger partial charge >= 0.3 is 5.97 Å². The van der Waals surface area contributed by atoms with E-state index in [1.807, 2.05) is 0 Å². The van der Waals surface area contributed by atoms with Crippen molar-refractivity contribution >= 4 is 5.97 Å². The number of nitrogens with zero attached hydrogens (tertiary/aromatic N) is 2. The molecule has 16 heavy (non-hydrogen) atoms. The largest absolute Gasteiger partial charge is 0.478 e. The van der Waals surface area contributed by atoms with Gasteiger partial charge in [0.2, 0.25) is 0 Å². The Morgan fingerprint density at radius 2 is 2.25 bits per heavy atom. The standard InChI is InChI=1S/C12H16N2O2/c1-7-3-4-9(5-7)11-13-6-10(12(15)16)8(2)14-11/h6-7,9H,3-5H2,1-2H3,(H,15,16). The summed E-state index contributed by atoms with van der Waals surface area (Å²) in [7, 11) is 0. The second-order valence-corrected chi connectivity index (χ2v) is 4.65. The van der Waals surface area contributed by atoms with E-state index < -0.39 is 5.97 Å². The van der Waals surface area contributed by atoms with Crippen LogP contribution < -0.4 is 0 Å². The van der Waals surface area contributed by atoms with Crippen LogP contribution in [-0.2, 0) is 0 Å². The van der Waals surface area contributed by atoms with Gasteiger partial charge in [-0.15, -0.1) is 0 Å². The van der Waals surface area contributed by atoms with Gasteiger partial charge in [-0.1, -0.05) is 6.92 Å². The molecule has 1 aliphatic rings. The molecule has 1 saturated carbocycles. The molecule has 4 nitrogen and oxygen atoms in total. The SMILES string of the molecule is Cc1nc(C2CCC(C)C2)ncc1C(=O)O. The lowest BCUT2D eigenvalue weighted by molar-refractivity contribution is 0.0695. The molecule has 1 fully saturated rings. The Labute approximate surface area is 94.7 Å². The van der Waals surface area contributed by atoms with Crippen molar-refractivity contribution in [1.82, 2.24) is 9.97 Å². The highest BCUT2D eigenvalue weighted by Crippen LogP contribution is 2.36. The van der Waals surface area contributed by atoms with Crippen LogP contribution in [0.2, 0.25) is 0 Å². The Bertz CT molecular complexity index is 417. The van der Waals surface area contributed by atoms with E-state index in [1.54, 1.807) is 6.92 Å². The molecule has 0 spiro atoms. The van der Waals surface area contributed by atoms with Gasteiger partial charge in [0, 0.05) is 12.1 Å². The van der Waals surface area contributed by atoms with Crippen LogP contribution in [0.1, 0.15) is 54.0 Å². The molecule has 0 bridgehead atoms. The number of aromatic nitrogens is 2. The fraction of sp³-hybridized carbons (Fsp3) is 0.583. The molecule has 0 radical (unpaired) electrons. The maximum Gasteiger partial charge on any atom is 0.339 e. The fourth-order valence-electron chi connectivity index (χ4n) is 2.33. The van der Waals surface area contributed by atoms with E-state index in [9.17, 15) is 4.79 Å². The molecular weight excluding hydrogens is 204 g/mol. The number of carbonyl (C=O) groups is 1. The second-order valence-electron chi connectivity index (χ2n) is 4.65. The van der Waals surface area contributed by atoms with Crippen molar-refractivity contribution in [2.75, 3.05) is 0 Å². The summed E-state index contributed by atoms with van der Waals surface area (Å²) in [6.07, 6.45) is 4.88. The number of aromatic carboxylic acids is 1. The highest BCUT2D eigenvalue weighted by atomic mass is 16.4. The number of hydrogen-bond donors (Lipinski definition) is 1. The molecular formula is C12H16N2O2. The molecule has 86 valence electrons. The number of carboxylic acid groups (broad SMARTS) is 1. The molecule has 1 aliphatic carbocycles. The Kier molecular flexibility index (Phi) is 2.90. The molecule has 4 heteroatoms. The summed E-state index contributed by atoms with van der Waals surface area (Å²) in [4.78, 5) is 19.3. The first kappa shape index (κ1) is 11.0. The summed E-state index contributed by atoms with van der Waals surface area (Å²) >= 11 is 0. The van der Waals surface area contributed by atoms with Gasteiger partial charge in [-0.3, -0.25) is 0 Å². The predicted molar refractivity (Wildman–Crippen MR) is 59.5 cm³/mol. The smallest absolute Gasteiger partial charge is 0.339 e. The van der Waals surface area contributed by atoms with Crippen LogP contribution in [0, 0.1) is 12.8 Å². The molecule has 0 aliphatic heterocycles. The van der Waals surface area contributed by atoms with Crippen LogP contribution in [0.5, 0.6) is 0 Å². The number of hydrogen-bond acceptors (Lipinski definition) is 3. The fourth-order valence-corrected chi connectivity index (χ4v) is 2.33. The van der Waals surface area contributed by atoms with Gasteiger partial charge in [0.1, 0.15) is 5.82 Å². The first-order valence-corrected chi connectivity index (χ1v) is 5.64. The van der Waals surface area contributed by atoms with E-state index in [1.165, 1.54) is 12.6 Å². The Morgan fingerprint density at radius 3 is 2.75 bits per heavy atom. The third-order valence-electron chi connectivity index (χ3n) is 3.29. The molecule has 0 saturated heterocycles.